The number of halogens is 3. The molecule has 9 nitrogen and oxygen atoms in total. The summed E-state index contributed by atoms with van der Waals surface area (Å²) in [5, 5.41) is 14.4. The molecular weight excluding hydrogens is 844 g/mol. The molecule has 0 atom stereocenters. The fourth-order valence-corrected chi connectivity index (χ4v) is 9.52. The van der Waals surface area contributed by atoms with Crippen molar-refractivity contribution in [3.63, 3.8) is 0 Å². The molecule has 11 aromatic rings. The summed E-state index contributed by atoms with van der Waals surface area (Å²) in [4.78, 5) is 27.4. The molecule has 7 aromatic carbocycles. The highest BCUT2D eigenvalue weighted by atomic mass is 19.4. The summed E-state index contributed by atoms with van der Waals surface area (Å²) in [6.07, 6.45) is -4.49. The van der Waals surface area contributed by atoms with E-state index >= 15 is 0 Å². The van der Waals surface area contributed by atoms with Crippen LogP contribution in [0.3, 0.4) is 0 Å². The maximum absolute atomic E-state index is 14.0. The number of para-hydroxylation sites is 2. The first kappa shape index (κ1) is 41.2. The zero-order chi connectivity index (χ0) is 46.3. The van der Waals surface area contributed by atoms with Gasteiger partial charge < -0.3 is 9.13 Å². The van der Waals surface area contributed by atoms with Crippen LogP contribution in [0.1, 0.15) is 40.0 Å². The van der Waals surface area contributed by atoms with E-state index in [0.717, 1.165) is 88.9 Å². The maximum atomic E-state index is 14.0. The lowest BCUT2D eigenvalue weighted by Crippen LogP contribution is -2.05. The zero-order valence-electron chi connectivity index (χ0n) is 36.9. The van der Waals surface area contributed by atoms with Crippen LogP contribution in [0, 0.1) is 45.9 Å². The third kappa shape index (κ3) is 7.03. The van der Waals surface area contributed by atoms with Crippen molar-refractivity contribution < 1.29 is 13.2 Å². The Morgan fingerprint density at radius 1 is 0.433 bits per heavy atom. The fourth-order valence-electron chi connectivity index (χ4n) is 9.52. The van der Waals surface area contributed by atoms with Crippen LogP contribution >= 0.6 is 0 Å². The van der Waals surface area contributed by atoms with E-state index in [0.29, 0.717) is 51.6 Å². The van der Waals surface area contributed by atoms with Crippen LogP contribution in [-0.2, 0) is 6.18 Å². The minimum Gasteiger partial charge on any atom is -0.309 e. The van der Waals surface area contributed by atoms with Gasteiger partial charge in [0.1, 0.15) is 23.3 Å². The molecule has 0 bridgehead atoms. The first-order valence-electron chi connectivity index (χ1n) is 21.7. The third-order valence-electron chi connectivity index (χ3n) is 12.3. The number of fused-ring (bicyclic) bond motifs is 6. The third-order valence-corrected chi connectivity index (χ3v) is 12.3. The Kier molecular flexibility index (Phi) is 9.56. The summed E-state index contributed by atoms with van der Waals surface area (Å²) in [6, 6.07) is 46.7. The highest BCUT2D eigenvalue weighted by Crippen LogP contribution is 2.44. The Morgan fingerprint density at radius 2 is 0.925 bits per heavy atom. The van der Waals surface area contributed by atoms with E-state index in [1.807, 2.05) is 94.4 Å². The number of aromatic nitrogens is 8. The van der Waals surface area contributed by atoms with Gasteiger partial charge in [0.05, 0.1) is 50.6 Å². The minimum absolute atomic E-state index is 0.460. The van der Waals surface area contributed by atoms with E-state index in [-0.39, 0.29) is 0 Å². The number of nitriles is 1. The Morgan fingerprint density at radius 3 is 1.45 bits per heavy atom. The molecule has 0 saturated heterocycles. The quantitative estimate of drug-likeness (QED) is 0.163. The molecule has 324 valence electrons. The van der Waals surface area contributed by atoms with Crippen molar-refractivity contribution in [3.8, 4) is 62.5 Å². The Labute approximate surface area is 382 Å². The second kappa shape index (κ2) is 15.6. The number of hydrogen-bond donors (Lipinski definition) is 0. The summed E-state index contributed by atoms with van der Waals surface area (Å²) in [6.45, 7) is 9.12. The van der Waals surface area contributed by atoms with E-state index in [4.69, 9.17) is 0 Å². The van der Waals surface area contributed by atoms with E-state index in [1.165, 1.54) is 6.07 Å². The first-order valence-corrected chi connectivity index (χ1v) is 21.7. The normalized spacial score (nSPS) is 11.9. The van der Waals surface area contributed by atoms with Crippen LogP contribution in [0.4, 0.5) is 13.2 Å². The average Bonchev–Trinajstić information content (AvgIpc) is 3.82. The Balaban J connectivity index is 1.21. The van der Waals surface area contributed by atoms with Gasteiger partial charge in [-0.3, -0.25) is 0 Å². The van der Waals surface area contributed by atoms with Crippen molar-refractivity contribution >= 4 is 43.6 Å². The molecule has 4 heterocycles. The SMILES string of the molecule is Cc1nc(C)nc(-c2ccc3c(c2)c2ccccc2n3-c2ccc(-c3ccc(C(F)(F)F)cc3C)cc2-c2ccc(C#N)cc2-n2c3ccccc3c3cc(-c4nc(C)nc(C)n4)ccc32)n1. The largest absolute Gasteiger partial charge is 0.416 e. The molecule has 67 heavy (non-hydrogen) atoms. The van der Waals surface area contributed by atoms with Gasteiger partial charge in [0, 0.05) is 43.8 Å². The van der Waals surface area contributed by atoms with E-state index in [2.05, 4.69) is 99.7 Å². The second-order valence-corrected chi connectivity index (χ2v) is 16.8. The molecule has 11 rings (SSSR count). The van der Waals surface area contributed by atoms with Crippen molar-refractivity contribution in [2.24, 2.45) is 0 Å². The number of benzene rings is 7. The molecule has 0 amide bonds. The maximum Gasteiger partial charge on any atom is 0.416 e. The zero-order valence-corrected chi connectivity index (χ0v) is 36.9. The Bertz CT molecular complexity index is 3850. The van der Waals surface area contributed by atoms with Crippen LogP contribution in [0.25, 0.3) is 100 Å². The molecule has 0 saturated carbocycles. The number of aryl methyl sites for hydroxylation is 5. The summed E-state index contributed by atoms with van der Waals surface area (Å²) in [7, 11) is 0. The number of hydrogen-bond acceptors (Lipinski definition) is 7. The minimum atomic E-state index is -4.49. The summed E-state index contributed by atoms with van der Waals surface area (Å²) < 4.78 is 46.3. The van der Waals surface area contributed by atoms with E-state index in [9.17, 15) is 18.4 Å². The van der Waals surface area contributed by atoms with Crippen molar-refractivity contribution in [2.75, 3.05) is 0 Å². The lowest BCUT2D eigenvalue weighted by atomic mass is 9.92. The summed E-state index contributed by atoms with van der Waals surface area (Å²) in [5.41, 5.74) is 10.2. The Hall–Kier alpha value is -8.56. The van der Waals surface area contributed by atoms with Gasteiger partial charge in [0.15, 0.2) is 11.6 Å². The first-order chi connectivity index (χ1) is 32.3. The van der Waals surface area contributed by atoms with E-state index < -0.39 is 11.7 Å². The van der Waals surface area contributed by atoms with Gasteiger partial charge in [-0.15, -0.1) is 0 Å². The smallest absolute Gasteiger partial charge is 0.309 e. The molecule has 0 aliphatic rings. The van der Waals surface area contributed by atoms with Gasteiger partial charge in [0.2, 0.25) is 0 Å². The molecular formula is C55H38F3N9. The molecule has 12 heteroatoms. The van der Waals surface area contributed by atoms with Crippen LogP contribution < -0.4 is 0 Å². The highest BCUT2D eigenvalue weighted by molar-refractivity contribution is 6.12. The van der Waals surface area contributed by atoms with Crippen molar-refractivity contribution in [1.82, 2.24) is 39.0 Å². The van der Waals surface area contributed by atoms with Crippen LogP contribution in [0.15, 0.2) is 140 Å². The number of nitrogens with zero attached hydrogens (tertiary/aromatic N) is 9. The standard InChI is InChI=1S/C55H38F3N9/c1-30-24-39(55(56,57)58)18-20-40(30)36-15-21-49(66-47-12-8-6-10-41(47)45-27-37(16-22-50(45)66)53-62-31(2)60-32(3)63-53)44(26-36)43-19-14-35(29-59)25-52(43)67-48-13-9-7-11-42(48)46-28-38(17-23-51(46)67)54-64-33(4)61-34(5)65-54/h6-28H,1-5H3. The monoisotopic (exact) mass is 881 g/mol. The van der Waals surface area contributed by atoms with Gasteiger partial charge in [-0.05, 0) is 136 Å². The molecule has 0 aliphatic heterocycles. The van der Waals surface area contributed by atoms with Crippen molar-refractivity contribution in [1.29, 1.82) is 5.26 Å². The van der Waals surface area contributed by atoms with Crippen molar-refractivity contribution in [3.05, 3.63) is 180 Å². The lowest BCUT2D eigenvalue weighted by molar-refractivity contribution is -0.137. The molecule has 0 spiro atoms. The van der Waals surface area contributed by atoms with Gasteiger partial charge in [-0.25, -0.2) is 29.9 Å². The second-order valence-electron chi connectivity index (χ2n) is 16.8. The van der Waals surface area contributed by atoms with Crippen LogP contribution in [0.2, 0.25) is 0 Å². The van der Waals surface area contributed by atoms with Gasteiger partial charge in [0.25, 0.3) is 0 Å². The molecule has 0 aliphatic carbocycles. The van der Waals surface area contributed by atoms with Crippen LogP contribution in [-0.4, -0.2) is 39.0 Å². The highest BCUT2D eigenvalue weighted by Gasteiger charge is 2.31. The van der Waals surface area contributed by atoms with E-state index in [1.54, 1.807) is 13.0 Å². The summed E-state index contributed by atoms with van der Waals surface area (Å²) in [5.74, 6) is 3.68. The fraction of sp³-hybridized carbons (Fsp3) is 0.109. The topological polar surface area (TPSA) is 111 Å². The number of alkyl halides is 3. The van der Waals surface area contributed by atoms with Gasteiger partial charge in [-0.2, -0.15) is 18.4 Å². The predicted molar refractivity (Wildman–Crippen MR) is 257 cm³/mol. The summed E-state index contributed by atoms with van der Waals surface area (Å²) >= 11 is 0. The molecule has 0 radical (unpaired) electrons. The molecule has 0 unspecified atom stereocenters. The van der Waals surface area contributed by atoms with Gasteiger partial charge >= 0.3 is 6.18 Å². The molecule has 4 aromatic heterocycles. The molecule has 0 N–H and O–H groups in total. The van der Waals surface area contributed by atoms with Crippen LogP contribution in [0.5, 0.6) is 0 Å². The van der Waals surface area contributed by atoms with Gasteiger partial charge in [-0.1, -0.05) is 54.6 Å². The average molecular weight is 882 g/mol. The van der Waals surface area contributed by atoms with Crippen molar-refractivity contribution in [2.45, 2.75) is 40.8 Å². The number of rotatable bonds is 6. The predicted octanol–water partition coefficient (Wildman–Crippen LogP) is 13.4. The molecule has 0 fully saturated rings. The lowest BCUT2D eigenvalue weighted by Gasteiger charge is -2.20.